The highest BCUT2D eigenvalue weighted by molar-refractivity contribution is 7.67. The molecule has 1 aliphatic carbocycles. The van der Waals surface area contributed by atoms with Crippen molar-refractivity contribution in [3.63, 3.8) is 0 Å². The van der Waals surface area contributed by atoms with Crippen LogP contribution in [-0.4, -0.2) is 74.9 Å². The first-order valence-corrected chi connectivity index (χ1v) is 16.3. The zero-order valence-corrected chi connectivity index (χ0v) is 24.8. The minimum absolute atomic E-state index is 0.00354. The number of methoxy groups -OCH3 is 1. The average Bonchev–Trinajstić information content (AvgIpc) is 3.74. The molecule has 1 aromatic heterocycles. The van der Waals surface area contributed by atoms with Crippen LogP contribution in [0.2, 0.25) is 0 Å². The van der Waals surface area contributed by atoms with Crippen molar-refractivity contribution in [2.24, 2.45) is 0 Å². The molecular formula is C25H38FN3O9P2. The number of anilines is 1. The van der Waals surface area contributed by atoms with Gasteiger partial charge in [0.05, 0.1) is 24.6 Å². The van der Waals surface area contributed by atoms with Crippen LogP contribution in [0, 0.1) is 5.82 Å². The summed E-state index contributed by atoms with van der Waals surface area (Å²) in [6.07, 6.45) is 2.65. The molecule has 15 heteroatoms. The Hall–Kier alpha value is -2.11. The van der Waals surface area contributed by atoms with Crippen molar-refractivity contribution in [1.82, 2.24) is 9.88 Å². The van der Waals surface area contributed by atoms with Gasteiger partial charge < -0.3 is 43.8 Å². The number of fused-ring (bicyclic) bond motifs is 1. The van der Waals surface area contributed by atoms with Crippen LogP contribution in [0.4, 0.5) is 10.1 Å². The maximum Gasteiger partial charge on any atom is 0.343 e. The average molecular weight is 606 g/mol. The summed E-state index contributed by atoms with van der Waals surface area (Å²) in [6.45, 7) is 7.45. The molecule has 1 saturated carbocycles. The van der Waals surface area contributed by atoms with Crippen LogP contribution >= 0.6 is 16.0 Å². The predicted octanol–water partition coefficient (Wildman–Crippen LogP) is 3.05. The number of esters is 1. The van der Waals surface area contributed by atoms with E-state index < -0.39 is 38.6 Å². The first kappa shape index (κ1) is 32.4. The van der Waals surface area contributed by atoms with Crippen molar-refractivity contribution in [2.75, 3.05) is 38.3 Å². The van der Waals surface area contributed by atoms with Gasteiger partial charge in [0, 0.05) is 37.9 Å². The lowest BCUT2D eigenvalue weighted by Crippen LogP contribution is -2.49. The summed E-state index contributed by atoms with van der Waals surface area (Å²) in [6, 6.07) is 1.26. The second-order valence-electron chi connectivity index (χ2n) is 9.62. The Morgan fingerprint density at radius 1 is 1.30 bits per heavy atom. The molecule has 12 nitrogen and oxygen atoms in total. The van der Waals surface area contributed by atoms with Crippen LogP contribution in [-0.2, 0) is 9.30 Å². The van der Waals surface area contributed by atoms with Crippen LogP contribution < -0.4 is 20.4 Å². The van der Waals surface area contributed by atoms with E-state index in [-0.39, 0.29) is 53.9 Å². The summed E-state index contributed by atoms with van der Waals surface area (Å²) in [5, 5.41) is 1.64. The number of piperazine rings is 1. The van der Waals surface area contributed by atoms with Gasteiger partial charge in [-0.15, -0.1) is 0 Å². The Bertz CT molecular complexity index is 1310. The molecule has 2 atom stereocenters. The van der Waals surface area contributed by atoms with E-state index in [1.807, 2.05) is 25.7 Å². The number of carbonyl (C=O) groups is 1. The Morgan fingerprint density at radius 3 is 2.52 bits per heavy atom. The van der Waals surface area contributed by atoms with Gasteiger partial charge in [0.15, 0.2) is 19.9 Å². The molecule has 2 unspecified atom stereocenters. The topological polar surface area (TPSA) is 171 Å². The monoisotopic (exact) mass is 605 g/mol. The summed E-state index contributed by atoms with van der Waals surface area (Å²) in [5.41, 5.74) is -0.346. The lowest BCUT2D eigenvalue weighted by molar-refractivity contribution is 0.0497. The fourth-order valence-corrected chi connectivity index (χ4v) is 6.79. The van der Waals surface area contributed by atoms with Crippen molar-refractivity contribution in [3.05, 3.63) is 33.9 Å². The highest BCUT2D eigenvalue weighted by Crippen LogP contribution is 2.57. The molecule has 2 aliphatic rings. The molecule has 5 N–H and O–H groups in total. The molecule has 1 saturated heterocycles. The molecule has 2 fully saturated rings. The summed E-state index contributed by atoms with van der Waals surface area (Å²) in [7, 11) is -6.22. The molecular weight excluding hydrogens is 567 g/mol. The third-order valence-corrected chi connectivity index (χ3v) is 10.1. The van der Waals surface area contributed by atoms with E-state index in [9.17, 15) is 33.7 Å². The highest BCUT2D eigenvalue weighted by Gasteiger charge is 2.35. The first-order chi connectivity index (χ1) is 18.9. The Morgan fingerprint density at radius 2 is 1.98 bits per heavy atom. The van der Waals surface area contributed by atoms with Gasteiger partial charge in [-0.25, -0.2) is 9.18 Å². The molecule has 1 aliphatic heterocycles. The Balaban J connectivity index is 0.00000216. The first-order valence-electron chi connectivity index (χ1n) is 13.3. The number of pyridine rings is 1. The number of aromatic nitrogens is 1. The Labute approximate surface area is 233 Å². The van der Waals surface area contributed by atoms with Crippen LogP contribution in [0.25, 0.3) is 10.9 Å². The van der Waals surface area contributed by atoms with Crippen molar-refractivity contribution in [1.29, 1.82) is 0 Å². The van der Waals surface area contributed by atoms with Gasteiger partial charge in [0.2, 0.25) is 5.43 Å². The van der Waals surface area contributed by atoms with Gasteiger partial charge in [0.1, 0.15) is 16.7 Å². The number of nitrogens with zero attached hydrogens (tertiary/aromatic N) is 2. The molecule has 0 radical (unpaired) electrons. The zero-order chi connectivity index (χ0) is 29.8. The van der Waals surface area contributed by atoms with E-state index in [0.717, 1.165) is 18.9 Å². The number of halogens is 1. The van der Waals surface area contributed by atoms with Crippen LogP contribution in [0.5, 0.6) is 5.75 Å². The van der Waals surface area contributed by atoms with Crippen molar-refractivity contribution in [2.45, 2.75) is 63.9 Å². The predicted molar refractivity (Wildman–Crippen MR) is 151 cm³/mol. The largest absolute Gasteiger partial charge is 0.492 e. The number of hydrogen-bond donors (Lipinski definition) is 5. The van der Waals surface area contributed by atoms with E-state index in [4.69, 9.17) is 9.47 Å². The molecule has 2 aromatic rings. The standard InChI is InChI=1S/C23H32FN3O9P2.C2H6/c1-13-11-26(8-7-25-13)20-17(24)10-15-19(22(20)35-2)27(14-5-6-14)12-16(21(15)28)23(29)36-9-3-4-18(37(30)31)38(32,33)34;1-2/h10,12-14,18,25,30-31H,3-9,11H2,1-2H3,(H2,32,33,34);1-2H3. The fourth-order valence-electron chi connectivity index (χ4n) is 4.78. The number of hydrogen-bond acceptors (Lipinski definition) is 9. The summed E-state index contributed by atoms with van der Waals surface area (Å²) in [5.74, 6) is -1.37. The fraction of sp³-hybridized carbons (Fsp3) is 0.600. The minimum atomic E-state index is -4.75. The quantitative estimate of drug-likeness (QED) is 0.153. The van der Waals surface area contributed by atoms with E-state index in [2.05, 4.69) is 5.32 Å². The molecule has 0 bridgehead atoms. The lowest BCUT2D eigenvalue weighted by atomic mass is 10.1. The second kappa shape index (κ2) is 13.7. The number of rotatable bonds is 10. The van der Waals surface area contributed by atoms with E-state index in [0.29, 0.717) is 25.2 Å². The van der Waals surface area contributed by atoms with E-state index in [1.54, 1.807) is 4.57 Å². The van der Waals surface area contributed by atoms with Gasteiger partial charge in [-0.3, -0.25) is 9.36 Å². The summed E-state index contributed by atoms with van der Waals surface area (Å²) >= 11 is 0. The van der Waals surface area contributed by atoms with Gasteiger partial charge >= 0.3 is 13.6 Å². The van der Waals surface area contributed by atoms with Gasteiger partial charge in [0.25, 0.3) is 0 Å². The normalized spacial score (nSPS) is 18.4. The van der Waals surface area contributed by atoms with Crippen LogP contribution in [0.1, 0.15) is 62.9 Å². The number of carbonyl (C=O) groups excluding carboxylic acids is 1. The second-order valence-corrected chi connectivity index (χ2v) is 13.1. The summed E-state index contributed by atoms with van der Waals surface area (Å²) in [4.78, 5) is 65.1. The van der Waals surface area contributed by atoms with Crippen molar-refractivity contribution >= 4 is 38.5 Å². The zero-order valence-electron chi connectivity index (χ0n) is 23.0. The Kier molecular flexibility index (Phi) is 11.1. The third-order valence-electron chi connectivity index (χ3n) is 6.74. The van der Waals surface area contributed by atoms with Gasteiger partial charge in [-0.1, -0.05) is 13.8 Å². The van der Waals surface area contributed by atoms with Crippen LogP contribution in [0.3, 0.4) is 0 Å². The molecule has 40 heavy (non-hydrogen) atoms. The number of ether oxygens (including phenoxy) is 2. The minimum Gasteiger partial charge on any atom is -0.492 e. The maximum absolute atomic E-state index is 15.5. The number of benzene rings is 1. The van der Waals surface area contributed by atoms with Crippen molar-refractivity contribution in [3.8, 4) is 5.75 Å². The molecule has 2 heterocycles. The maximum atomic E-state index is 15.5. The van der Waals surface area contributed by atoms with Gasteiger partial charge in [-0.2, -0.15) is 0 Å². The third kappa shape index (κ3) is 7.20. The highest BCUT2D eigenvalue weighted by atomic mass is 31.2. The summed E-state index contributed by atoms with van der Waals surface area (Å²) < 4.78 is 39.5. The molecule has 0 spiro atoms. The van der Waals surface area contributed by atoms with E-state index in [1.165, 1.54) is 13.3 Å². The van der Waals surface area contributed by atoms with Gasteiger partial charge in [-0.05, 0) is 38.7 Å². The van der Waals surface area contributed by atoms with E-state index >= 15 is 4.39 Å². The molecule has 0 amide bonds. The molecule has 1 aromatic carbocycles. The lowest BCUT2D eigenvalue weighted by Gasteiger charge is -2.35. The SMILES string of the molecule is CC.COc1c(N2CCNC(C)C2)c(F)cc2c(=O)c(C(=O)OCCCC(P(O)O)P(=O)(O)O)cn(C3CC3)c12. The van der Waals surface area contributed by atoms with Crippen LogP contribution in [0.15, 0.2) is 17.1 Å². The molecule has 4 rings (SSSR count). The number of nitrogens with one attached hydrogen (secondary N) is 1. The smallest absolute Gasteiger partial charge is 0.343 e. The molecule has 224 valence electrons. The van der Waals surface area contributed by atoms with Crippen molar-refractivity contribution < 1.29 is 42.8 Å².